The number of unbranched alkanes of at least 4 members (excludes halogenated alkanes) is 3. The van der Waals surface area contributed by atoms with Gasteiger partial charge in [-0.3, -0.25) is 0 Å². The van der Waals surface area contributed by atoms with Crippen molar-refractivity contribution in [1.82, 2.24) is 61.2 Å². The molecule has 506 valence electrons. The second-order valence-electron chi connectivity index (χ2n) is 23.3. The second-order valence-corrected chi connectivity index (χ2v) is 29.7. The Hall–Kier alpha value is 4.08. The number of aromatic nitrogens is 12. The van der Waals surface area contributed by atoms with E-state index in [1.165, 1.54) is 47.1 Å². The SMILES string of the molecule is CC(C)c1n[n-]c(C(C)C)c1I.CC(C)c1n[n-]c(C(C)C)c1I.CC(C)c1n[n-]c(C(C)C)c1I.CC(C)c1n[n-]c(C(C)C)c1I.CC(C)c1n[n-]c(C(C)C)c1I.CC(C)c1n[n-]c(C(C)C)c1I.CCCCCC.[Ag+].[Ag+].[Ag+].[Ag+].[Ag+].[Ag+]. The molecule has 6 aromatic rings. The molecule has 0 aliphatic rings. The first-order valence-electron chi connectivity index (χ1n) is 28.3. The Kier molecular flexibility index (Phi) is 64.4. The number of nitrogens with zero attached hydrogens (tertiary/aromatic N) is 12. The second kappa shape index (κ2) is 53.2. The molecule has 0 saturated carbocycles. The molecule has 0 saturated heterocycles. The maximum absolute atomic E-state index is 4.18. The van der Waals surface area contributed by atoms with Gasteiger partial charge in [-0.25, -0.2) is 0 Å². The summed E-state index contributed by atoms with van der Waals surface area (Å²) in [7, 11) is 0. The Morgan fingerprint density at radius 3 is 0.381 bits per heavy atom. The van der Waals surface area contributed by atoms with Gasteiger partial charge in [-0.2, -0.15) is 0 Å². The van der Waals surface area contributed by atoms with Crippen molar-refractivity contribution < 1.29 is 134 Å². The third kappa shape index (κ3) is 35.2. The van der Waals surface area contributed by atoms with Crippen LogP contribution in [0.15, 0.2) is 0 Å². The summed E-state index contributed by atoms with van der Waals surface area (Å²) in [6, 6.07) is 0. The molecule has 0 aromatic carbocycles. The van der Waals surface area contributed by atoms with E-state index in [-0.39, 0.29) is 134 Å². The van der Waals surface area contributed by atoms with Crippen LogP contribution in [-0.2, 0) is 134 Å². The van der Waals surface area contributed by atoms with Gasteiger partial charge in [-0.1, -0.05) is 206 Å². The van der Waals surface area contributed by atoms with Gasteiger partial charge in [-0.15, -0.1) is 34.2 Å². The molecule has 12 nitrogen and oxygen atoms in total. The third-order valence-electron chi connectivity index (χ3n) is 11.8. The summed E-state index contributed by atoms with van der Waals surface area (Å²) in [5.74, 6) is 5.80. The van der Waals surface area contributed by atoms with Gasteiger partial charge < -0.3 is 61.2 Å². The molecule has 6 aromatic heterocycles. The van der Waals surface area contributed by atoms with E-state index in [4.69, 9.17) is 0 Å². The monoisotopic (exact) mass is 2390 g/mol. The van der Waals surface area contributed by atoms with E-state index in [1.54, 1.807) is 0 Å². The van der Waals surface area contributed by atoms with Crippen LogP contribution >= 0.6 is 136 Å². The molecule has 6 rings (SSSR count). The average molecular weight is 2400 g/mol. The molecule has 0 N–H and O–H groups in total. The fourth-order valence-electron chi connectivity index (χ4n) is 6.89. The Morgan fingerprint density at radius 1 is 0.226 bits per heavy atom. The van der Waals surface area contributed by atoms with Crippen LogP contribution in [0, 0.1) is 21.4 Å². The predicted octanol–water partition coefficient (Wildman–Crippen LogP) is 19.9. The van der Waals surface area contributed by atoms with Crippen LogP contribution in [-0.4, -0.2) is 30.6 Å². The standard InChI is InChI=1S/6C9H14IN2.C6H14.6Ag/c6*1-5(2)8-7(10)9(6(3)4)12-11-8;1-3-5-6-4-2;;;;;;/h6*5-6H,1-4H3;3-6H2,1-2H3;;;;;;/q6*-1;;6*+1. The summed E-state index contributed by atoms with van der Waals surface area (Å²) in [6.45, 7) is 56.0. The molecule has 0 unspecified atom stereocenters. The smallest absolute Gasteiger partial charge is 0.578 e. The van der Waals surface area contributed by atoms with Crippen molar-refractivity contribution in [1.29, 1.82) is 0 Å². The van der Waals surface area contributed by atoms with Crippen LogP contribution in [0.3, 0.4) is 0 Å². The van der Waals surface area contributed by atoms with E-state index in [0.717, 1.165) is 68.3 Å². The van der Waals surface area contributed by atoms with Crippen LogP contribution in [0.1, 0.15) is 345 Å². The number of hydrogen-bond acceptors (Lipinski definition) is 6. The Balaban J connectivity index is -0.000000164. The van der Waals surface area contributed by atoms with E-state index >= 15 is 0 Å². The first-order chi connectivity index (χ1) is 36.1. The largest absolute Gasteiger partial charge is 1.00 e. The van der Waals surface area contributed by atoms with Crippen LogP contribution < -0.4 is 30.6 Å². The topological polar surface area (TPSA) is 162 Å². The van der Waals surface area contributed by atoms with Gasteiger partial charge in [0, 0.05) is 55.6 Å². The van der Waals surface area contributed by atoms with Crippen molar-refractivity contribution in [3.05, 3.63) is 89.7 Å². The molecular formula is C60H98Ag6I6N12. The van der Waals surface area contributed by atoms with Gasteiger partial charge in [0.05, 0.1) is 0 Å². The van der Waals surface area contributed by atoms with Gasteiger partial charge >= 0.3 is 134 Å². The minimum Gasteiger partial charge on any atom is -0.578 e. The first kappa shape index (κ1) is 102. The van der Waals surface area contributed by atoms with Crippen molar-refractivity contribution in [2.45, 2.75) is 277 Å². The summed E-state index contributed by atoms with van der Waals surface area (Å²) in [5.41, 5.74) is 13.7. The van der Waals surface area contributed by atoms with Crippen molar-refractivity contribution in [3.8, 4) is 0 Å². The van der Waals surface area contributed by atoms with Gasteiger partial charge in [0.15, 0.2) is 0 Å². The molecule has 0 aliphatic carbocycles. The zero-order chi connectivity index (χ0) is 60.6. The van der Waals surface area contributed by atoms with Crippen LogP contribution in [0.25, 0.3) is 0 Å². The van der Waals surface area contributed by atoms with E-state index in [1.807, 2.05) is 0 Å². The molecule has 6 heterocycles. The summed E-state index contributed by atoms with van der Waals surface area (Å²) >= 11 is 14.0. The summed E-state index contributed by atoms with van der Waals surface area (Å²) in [4.78, 5) is 0. The normalized spacial score (nSPS) is 10.6. The fourth-order valence-corrected chi connectivity index (χ4v) is 15.7. The van der Waals surface area contributed by atoms with Crippen LogP contribution in [0.2, 0.25) is 0 Å². The average Bonchev–Trinajstić information content (AvgIpc) is 4.20. The molecule has 0 spiro atoms. The predicted molar refractivity (Wildman–Crippen MR) is 381 cm³/mol. The Morgan fingerprint density at radius 2 is 0.333 bits per heavy atom. The molecule has 0 atom stereocenters. The summed E-state index contributed by atoms with van der Waals surface area (Å²) in [6.07, 6.45) is 5.54. The maximum atomic E-state index is 4.18. The molecule has 24 heteroatoms. The van der Waals surface area contributed by atoms with Crippen LogP contribution in [0.5, 0.6) is 0 Å². The van der Waals surface area contributed by atoms with E-state index in [0.29, 0.717) is 71.0 Å². The summed E-state index contributed by atoms with van der Waals surface area (Å²) in [5, 5.41) is 50.1. The quantitative estimate of drug-likeness (QED) is 0.0544. The summed E-state index contributed by atoms with van der Waals surface area (Å²) < 4.78 is 7.49. The van der Waals surface area contributed by atoms with Gasteiger partial charge in [0.1, 0.15) is 0 Å². The number of halogens is 6. The van der Waals surface area contributed by atoms with E-state index < -0.39 is 0 Å². The molecule has 0 fully saturated rings. The molecular weight excluding hydrogens is 2300 g/mol. The van der Waals surface area contributed by atoms with Gasteiger partial charge in [0.25, 0.3) is 0 Å². The molecule has 0 aliphatic heterocycles. The number of rotatable bonds is 15. The van der Waals surface area contributed by atoms with Crippen molar-refractivity contribution in [3.63, 3.8) is 0 Å². The maximum Gasteiger partial charge on any atom is 1.00 e. The van der Waals surface area contributed by atoms with Gasteiger partial charge in [0.2, 0.25) is 0 Å². The molecule has 84 heavy (non-hydrogen) atoms. The van der Waals surface area contributed by atoms with Crippen LogP contribution in [0.4, 0.5) is 0 Å². The van der Waals surface area contributed by atoms with Crippen molar-refractivity contribution >= 4 is 136 Å². The zero-order valence-corrected chi connectivity index (χ0v) is 76.0. The Bertz CT molecular complexity index is 1960. The Labute approximate surface area is 686 Å². The van der Waals surface area contributed by atoms with Crippen molar-refractivity contribution in [2.75, 3.05) is 0 Å². The minimum absolute atomic E-state index is 0. The fraction of sp³-hybridized carbons (Fsp3) is 0.700. The first-order valence-corrected chi connectivity index (χ1v) is 34.7. The zero-order valence-electron chi connectivity index (χ0n) is 54.2. The van der Waals surface area contributed by atoms with E-state index in [9.17, 15) is 0 Å². The van der Waals surface area contributed by atoms with Gasteiger partial charge in [-0.05, 0) is 207 Å². The number of hydrogen-bond donors (Lipinski definition) is 0. The third-order valence-corrected chi connectivity index (χ3v) is 18.4. The molecule has 0 radical (unpaired) electrons. The molecule has 0 bridgehead atoms. The van der Waals surface area contributed by atoms with Crippen molar-refractivity contribution in [2.24, 2.45) is 0 Å². The molecule has 0 amide bonds. The van der Waals surface area contributed by atoms with E-state index in [2.05, 4.69) is 377 Å². The minimum atomic E-state index is 0.